The quantitative estimate of drug-likeness (QED) is 0.592. The normalized spacial score (nSPS) is 19.8. The van der Waals surface area contributed by atoms with E-state index in [1.807, 2.05) is 19.9 Å². The minimum Gasteiger partial charge on any atom is -0.459 e. The van der Waals surface area contributed by atoms with Gasteiger partial charge in [0.05, 0.1) is 0 Å². The number of hydrogen-bond acceptors (Lipinski definition) is 3. The van der Waals surface area contributed by atoms with E-state index in [1.54, 1.807) is 6.26 Å². The fourth-order valence-corrected chi connectivity index (χ4v) is 1.46. The average molecular weight is 274 g/mol. The van der Waals surface area contributed by atoms with Gasteiger partial charge in [-0.2, -0.15) is 12.6 Å². The zero-order valence-electron chi connectivity index (χ0n) is 13.0. The van der Waals surface area contributed by atoms with Crippen LogP contribution in [0.2, 0.25) is 0 Å². The molecule has 0 spiro atoms. The first-order valence-corrected chi connectivity index (χ1v) is 7.61. The van der Waals surface area contributed by atoms with Crippen molar-refractivity contribution >= 4 is 18.6 Å². The van der Waals surface area contributed by atoms with Gasteiger partial charge in [-0.3, -0.25) is 0 Å². The molecule has 0 aromatic carbocycles. The Hall–Kier alpha value is -0.440. The summed E-state index contributed by atoms with van der Waals surface area (Å²) in [6, 6.07) is 0. The Kier molecular flexibility index (Phi) is 11.6. The summed E-state index contributed by atoms with van der Waals surface area (Å²) in [5.74, 6) is 0.370. The molecule has 0 aromatic rings. The third kappa shape index (κ3) is 8.62. The van der Waals surface area contributed by atoms with Crippen molar-refractivity contribution in [1.82, 2.24) is 0 Å². The number of carbonyl (C=O) groups is 1. The summed E-state index contributed by atoms with van der Waals surface area (Å²) in [4.78, 5) is 11.0. The first-order valence-electron chi connectivity index (χ1n) is 6.71. The topological polar surface area (TPSA) is 26.3 Å². The van der Waals surface area contributed by atoms with Crippen molar-refractivity contribution in [3.63, 3.8) is 0 Å². The molecule has 0 amide bonds. The molecule has 0 aromatic heterocycles. The highest BCUT2D eigenvalue weighted by Gasteiger charge is 2.25. The second-order valence-electron chi connectivity index (χ2n) is 5.20. The van der Waals surface area contributed by atoms with Gasteiger partial charge in [-0.25, -0.2) is 4.79 Å². The lowest BCUT2D eigenvalue weighted by Crippen LogP contribution is -2.27. The second-order valence-corrected chi connectivity index (χ2v) is 5.20. The average Bonchev–Trinajstić information content (AvgIpc) is 2.33. The third-order valence-corrected chi connectivity index (χ3v) is 3.03. The number of esters is 1. The van der Waals surface area contributed by atoms with Gasteiger partial charge < -0.3 is 4.74 Å². The zero-order valence-corrected chi connectivity index (χ0v) is 13.9. The van der Waals surface area contributed by atoms with Crippen LogP contribution in [0.25, 0.3) is 0 Å². The summed E-state index contributed by atoms with van der Waals surface area (Å²) in [5.41, 5.74) is 0.285. The maximum atomic E-state index is 11.0. The van der Waals surface area contributed by atoms with Gasteiger partial charge in [-0.05, 0) is 24.0 Å². The van der Waals surface area contributed by atoms with E-state index < -0.39 is 0 Å². The minimum atomic E-state index is -0.192. The summed E-state index contributed by atoms with van der Waals surface area (Å²) in [5, 5.41) is 0. The third-order valence-electron chi connectivity index (χ3n) is 3.03. The minimum absolute atomic E-state index is 0.0849. The molecule has 0 N–H and O–H groups in total. The summed E-state index contributed by atoms with van der Waals surface area (Å²) in [7, 11) is 0. The zero-order chi connectivity index (χ0) is 14.8. The molecule has 0 saturated heterocycles. The lowest BCUT2D eigenvalue weighted by atomic mass is 9.78. The van der Waals surface area contributed by atoms with Crippen LogP contribution in [0, 0.1) is 11.3 Å². The smallest absolute Gasteiger partial charge is 0.330 e. The van der Waals surface area contributed by atoms with Crippen LogP contribution in [0.5, 0.6) is 0 Å². The molecule has 0 saturated carbocycles. The van der Waals surface area contributed by atoms with Crippen molar-refractivity contribution in [3.8, 4) is 0 Å². The number of ether oxygens (including phenoxy) is 1. The molecule has 1 heterocycles. The largest absolute Gasteiger partial charge is 0.459 e. The molecule has 2 atom stereocenters. The van der Waals surface area contributed by atoms with Crippen molar-refractivity contribution in [2.75, 3.05) is 6.26 Å². The van der Waals surface area contributed by atoms with Crippen LogP contribution in [-0.2, 0) is 9.53 Å². The highest BCUT2D eigenvalue weighted by Crippen LogP contribution is 2.31. The standard InChI is InChI=1S/C12H20O2.C2H6.CH4S/c1-9(12(2,3)4)8-10-6-5-7-11(13)14-10;2*1-2/h5,7,9-10H,6,8H2,1-4H3;1-2H3;2H,1H3/t9?,10-;;/m1../s1. The molecule has 2 nitrogen and oxygen atoms in total. The van der Waals surface area contributed by atoms with Crippen molar-refractivity contribution < 1.29 is 9.53 Å². The Morgan fingerprint density at radius 3 is 2.28 bits per heavy atom. The molecule has 18 heavy (non-hydrogen) atoms. The molecule has 1 aliphatic rings. The summed E-state index contributed by atoms with van der Waals surface area (Å²) in [6.07, 6.45) is 7.03. The van der Waals surface area contributed by atoms with Crippen LogP contribution >= 0.6 is 12.6 Å². The first kappa shape index (κ1) is 19.9. The van der Waals surface area contributed by atoms with Gasteiger partial charge in [-0.15, -0.1) is 0 Å². The van der Waals surface area contributed by atoms with E-state index in [4.69, 9.17) is 4.74 Å². The fourth-order valence-electron chi connectivity index (χ4n) is 1.46. The molecule has 1 unspecified atom stereocenters. The SMILES string of the molecule is CC.CC(C[C@H]1CC=CC(=O)O1)C(C)(C)C.CS. The van der Waals surface area contributed by atoms with Crippen LogP contribution in [-0.4, -0.2) is 18.3 Å². The van der Waals surface area contributed by atoms with Crippen LogP contribution in [0.1, 0.15) is 54.4 Å². The van der Waals surface area contributed by atoms with E-state index in [1.165, 1.54) is 6.08 Å². The monoisotopic (exact) mass is 274 g/mol. The van der Waals surface area contributed by atoms with E-state index in [0.29, 0.717) is 5.92 Å². The lowest BCUT2D eigenvalue weighted by molar-refractivity contribution is -0.145. The number of hydrogen-bond donors (Lipinski definition) is 1. The molecule has 0 bridgehead atoms. The van der Waals surface area contributed by atoms with Crippen LogP contribution in [0.4, 0.5) is 0 Å². The van der Waals surface area contributed by atoms with Crippen LogP contribution < -0.4 is 0 Å². The number of cyclic esters (lactones) is 1. The van der Waals surface area contributed by atoms with Gasteiger partial charge in [0.15, 0.2) is 0 Å². The number of rotatable bonds is 2. The fraction of sp³-hybridized carbons (Fsp3) is 0.800. The Morgan fingerprint density at radius 2 is 1.89 bits per heavy atom. The molecule has 108 valence electrons. The Balaban J connectivity index is 0. The van der Waals surface area contributed by atoms with Crippen molar-refractivity contribution in [3.05, 3.63) is 12.2 Å². The number of thiol groups is 1. The molecular formula is C15H30O2S. The first-order chi connectivity index (χ1) is 8.39. The van der Waals surface area contributed by atoms with E-state index in [0.717, 1.165) is 12.8 Å². The molecule has 3 heteroatoms. The molecular weight excluding hydrogens is 244 g/mol. The predicted octanol–water partition coefficient (Wildman–Crippen LogP) is 4.50. The summed E-state index contributed by atoms with van der Waals surface area (Å²) in [6.45, 7) is 12.9. The lowest BCUT2D eigenvalue weighted by Gasteiger charge is -2.30. The van der Waals surface area contributed by atoms with Crippen molar-refractivity contribution in [1.29, 1.82) is 0 Å². The van der Waals surface area contributed by atoms with E-state index >= 15 is 0 Å². The number of carbonyl (C=O) groups excluding carboxylic acids is 1. The van der Waals surface area contributed by atoms with Gasteiger partial charge in [0, 0.05) is 12.5 Å². The van der Waals surface area contributed by atoms with Gasteiger partial charge in [0.2, 0.25) is 0 Å². The summed E-state index contributed by atoms with van der Waals surface area (Å²) < 4.78 is 5.23. The highest BCUT2D eigenvalue weighted by atomic mass is 32.1. The second kappa shape index (κ2) is 10.5. The maximum absolute atomic E-state index is 11.0. The summed E-state index contributed by atoms with van der Waals surface area (Å²) >= 11 is 3.53. The van der Waals surface area contributed by atoms with E-state index in [2.05, 4.69) is 40.3 Å². The Labute approximate surface area is 119 Å². The van der Waals surface area contributed by atoms with Gasteiger partial charge >= 0.3 is 5.97 Å². The molecule has 0 radical (unpaired) electrons. The van der Waals surface area contributed by atoms with Crippen LogP contribution in [0.15, 0.2) is 12.2 Å². The molecule has 1 rings (SSSR count). The van der Waals surface area contributed by atoms with Crippen LogP contribution in [0.3, 0.4) is 0 Å². The van der Waals surface area contributed by atoms with Gasteiger partial charge in [0.1, 0.15) is 6.10 Å². The van der Waals surface area contributed by atoms with E-state index in [-0.39, 0.29) is 17.5 Å². The van der Waals surface area contributed by atoms with E-state index in [9.17, 15) is 4.79 Å². The Bertz CT molecular complexity index is 241. The molecule has 0 aliphatic carbocycles. The maximum Gasteiger partial charge on any atom is 0.330 e. The van der Waals surface area contributed by atoms with Gasteiger partial charge in [-0.1, -0.05) is 47.6 Å². The Morgan fingerprint density at radius 1 is 1.39 bits per heavy atom. The molecule has 1 aliphatic heterocycles. The predicted molar refractivity (Wildman–Crippen MR) is 83.1 cm³/mol. The highest BCUT2D eigenvalue weighted by molar-refractivity contribution is 7.79. The van der Waals surface area contributed by atoms with Crippen molar-refractivity contribution in [2.45, 2.75) is 60.5 Å². The molecule has 0 fully saturated rings. The van der Waals surface area contributed by atoms with Gasteiger partial charge in [0.25, 0.3) is 0 Å². The van der Waals surface area contributed by atoms with Crippen molar-refractivity contribution in [2.24, 2.45) is 11.3 Å².